The van der Waals surface area contributed by atoms with E-state index in [1.54, 1.807) is 9.36 Å². The number of aryl methyl sites for hydroxylation is 3. The summed E-state index contributed by atoms with van der Waals surface area (Å²) < 4.78 is 29.9. The third kappa shape index (κ3) is 6.24. The van der Waals surface area contributed by atoms with Crippen LogP contribution < -0.4 is 9.47 Å². The van der Waals surface area contributed by atoms with Crippen molar-refractivity contribution in [2.24, 2.45) is 7.05 Å². The Balaban J connectivity index is 1.43. The molecular weight excluding hydrogens is 560 g/mol. The van der Waals surface area contributed by atoms with Crippen LogP contribution in [0.3, 0.4) is 0 Å². The Morgan fingerprint density at radius 3 is 2.61 bits per heavy atom. The van der Waals surface area contributed by atoms with Crippen LogP contribution in [-0.4, -0.2) is 60.7 Å². The summed E-state index contributed by atoms with van der Waals surface area (Å²) in [7, 11) is 1.89. The second-order valence-electron chi connectivity index (χ2n) is 12.3. The SMILES string of the molecule is CCc1nn(CCC(=O)OC(C)(C)C)c2c1/C=C/c1nn(C3CCCCO3)c3ccc(cc13)-c1cnn(C)c1OCCCO2. The normalized spacial score (nSPS) is 18.1. The van der Waals surface area contributed by atoms with Gasteiger partial charge in [0.2, 0.25) is 11.8 Å². The minimum atomic E-state index is -0.546. The average Bonchev–Trinajstić information content (AvgIpc) is 3.66. The molecule has 3 aromatic heterocycles. The molecule has 11 nitrogen and oxygen atoms in total. The first-order valence-corrected chi connectivity index (χ1v) is 15.6. The summed E-state index contributed by atoms with van der Waals surface area (Å²) in [6.45, 7) is 9.62. The van der Waals surface area contributed by atoms with Crippen LogP contribution in [0.2, 0.25) is 0 Å². The first-order valence-electron chi connectivity index (χ1n) is 15.6. The van der Waals surface area contributed by atoms with Crippen LogP contribution in [0.15, 0.2) is 24.4 Å². The maximum Gasteiger partial charge on any atom is 0.308 e. The smallest absolute Gasteiger partial charge is 0.308 e. The van der Waals surface area contributed by atoms with Crippen molar-refractivity contribution in [1.29, 1.82) is 0 Å². The standard InChI is InChI=1S/C33H42N6O5/c1-6-26-23-12-13-27-24-20-22(11-14-28(24)39(36-27)29-10-7-8-17-41-29)25-21-34-37(5)31(25)42-18-9-19-43-32(23)38(35-26)16-15-30(40)44-33(2,3)4/h11-14,20-21,29H,6-10,15-19H2,1-5H3/b13-12+. The Labute approximate surface area is 257 Å². The van der Waals surface area contributed by atoms with E-state index < -0.39 is 5.60 Å². The summed E-state index contributed by atoms with van der Waals surface area (Å²) in [6, 6.07) is 6.37. The molecule has 2 aliphatic heterocycles. The Kier molecular flexibility index (Phi) is 8.48. The van der Waals surface area contributed by atoms with Crippen LogP contribution in [0.4, 0.5) is 0 Å². The zero-order valence-electron chi connectivity index (χ0n) is 26.3. The van der Waals surface area contributed by atoms with Gasteiger partial charge < -0.3 is 18.9 Å². The lowest BCUT2D eigenvalue weighted by atomic mass is 10.0. The molecule has 0 saturated carbocycles. The lowest BCUT2D eigenvalue weighted by molar-refractivity contribution is -0.155. The molecule has 1 saturated heterocycles. The van der Waals surface area contributed by atoms with Gasteiger partial charge in [-0.2, -0.15) is 15.3 Å². The fourth-order valence-electron chi connectivity index (χ4n) is 5.78. The van der Waals surface area contributed by atoms with Gasteiger partial charge in [-0.05, 0) is 76.3 Å². The highest BCUT2D eigenvalue weighted by Gasteiger charge is 2.24. The molecule has 4 aromatic rings. The van der Waals surface area contributed by atoms with Crippen LogP contribution >= 0.6 is 0 Å². The monoisotopic (exact) mass is 602 g/mol. The summed E-state index contributed by atoms with van der Waals surface area (Å²) in [5, 5.41) is 15.4. The number of benzene rings is 1. The molecule has 0 spiro atoms. The zero-order valence-corrected chi connectivity index (χ0v) is 26.3. The van der Waals surface area contributed by atoms with E-state index in [9.17, 15) is 4.79 Å². The number of ether oxygens (including phenoxy) is 4. The van der Waals surface area contributed by atoms with Gasteiger partial charge in [0.15, 0.2) is 6.23 Å². The first kappa shape index (κ1) is 29.9. The lowest BCUT2D eigenvalue weighted by Gasteiger charge is -2.23. The molecule has 0 N–H and O–H groups in total. The van der Waals surface area contributed by atoms with Crippen LogP contribution in [0, 0.1) is 0 Å². The average molecular weight is 603 g/mol. The van der Waals surface area contributed by atoms with E-state index in [0.717, 1.165) is 64.9 Å². The van der Waals surface area contributed by atoms with Crippen molar-refractivity contribution in [1.82, 2.24) is 29.3 Å². The highest BCUT2D eigenvalue weighted by Crippen LogP contribution is 2.36. The van der Waals surface area contributed by atoms with Crippen molar-refractivity contribution in [3.8, 4) is 22.9 Å². The molecule has 1 atom stereocenters. The molecule has 2 bridgehead atoms. The Hall–Kier alpha value is -4.12. The molecule has 0 aliphatic carbocycles. The predicted octanol–water partition coefficient (Wildman–Crippen LogP) is 5.96. The van der Waals surface area contributed by atoms with Gasteiger partial charge in [0, 0.05) is 25.5 Å². The summed E-state index contributed by atoms with van der Waals surface area (Å²) in [5.41, 5.74) is 5.00. The molecule has 2 aliphatic rings. The van der Waals surface area contributed by atoms with Crippen LogP contribution in [0.5, 0.6) is 11.8 Å². The van der Waals surface area contributed by atoms with Gasteiger partial charge in [0.1, 0.15) is 5.60 Å². The van der Waals surface area contributed by atoms with E-state index in [4.69, 9.17) is 29.1 Å². The minimum absolute atomic E-state index is 0.108. The molecule has 0 radical (unpaired) electrons. The van der Waals surface area contributed by atoms with Crippen molar-refractivity contribution >= 4 is 29.0 Å². The second-order valence-corrected chi connectivity index (χ2v) is 12.3. The second kappa shape index (κ2) is 12.5. The number of esters is 1. The summed E-state index contributed by atoms with van der Waals surface area (Å²) >= 11 is 0. The minimum Gasteiger partial charge on any atom is -0.477 e. The number of hydrogen-bond acceptors (Lipinski definition) is 8. The van der Waals surface area contributed by atoms with Gasteiger partial charge in [0.25, 0.3) is 0 Å². The topological polar surface area (TPSA) is 107 Å². The van der Waals surface area contributed by atoms with Gasteiger partial charge in [-0.3, -0.25) is 4.79 Å². The molecule has 0 amide bonds. The van der Waals surface area contributed by atoms with Crippen molar-refractivity contribution < 1.29 is 23.7 Å². The predicted molar refractivity (Wildman–Crippen MR) is 167 cm³/mol. The van der Waals surface area contributed by atoms with Gasteiger partial charge in [-0.25, -0.2) is 14.0 Å². The van der Waals surface area contributed by atoms with Crippen molar-refractivity contribution in [2.45, 2.75) is 84.6 Å². The van der Waals surface area contributed by atoms with E-state index in [1.807, 2.05) is 50.8 Å². The quantitative estimate of drug-likeness (QED) is 0.258. The summed E-state index contributed by atoms with van der Waals surface area (Å²) in [5.74, 6) is 1.05. The number of nitrogens with zero attached hydrogens (tertiary/aromatic N) is 6. The Morgan fingerprint density at radius 2 is 1.86 bits per heavy atom. The number of carbonyl (C=O) groups is 1. The third-order valence-electron chi connectivity index (χ3n) is 7.83. The number of rotatable bonds is 5. The molecule has 6 rings (SSSR count). The molecule has 44 heavy (non-hydrogen) atoms. The van der Waals surface area contributed by atoms with E-state index in [2.05, 4.69) is 30.2 Å². The van der Waals surface area contributed by atoms with Gasteiger partial charge >= 0.3 is 5.97 Å². The molecule has 11 heteroatoms. The van der Waals surface area contributed by atoms with Crippen LogP contribution in [-0.2, 0) is 34.3 Å². The van der Waals surface area contributed by atoms with Crippen molar-refractivity contribution in [3.63, 3.8) is 0 Å². The third-order valence-corrected chi connectivity index (χ3v) is 7.83. The molecule has 1 aromatic carbocycles. The molecule has 1 fully saturated rings. The number of carbonyl (C=O) groups excluding carboxylic acids is 1. The largest absolute Gasteiger partial charge is 0.477 e. The maximum absolute atomic E-state index is 12.6. The van der Waals surface area contributed by atoms with Gasteiger partial charge in [-0.1, -0.05) is 13.0 Å². The van der Waals surface area contributed by atoms with Gasteiger partial charge in [0.05, 0.1) is 60.4 Å². The highest BCUT2D eigenvalue weighted by atomic mass is 16.6. The van der Waals surface area contributed by atoms with Crippen molar-refractivity contribution in [2.75, 3.05) is 19.8 Å². The van der Waals surface area contributed by atoms with Gasteiger partial charge in [-0.15, -0.1) is 0 Å². The Bertz CT molecular complexity index is 1670. The van der Waals surface area contributed by atoms with Crippen molar-refractivity contribution in [3.05, 3.63) is 41.3 Å². The number of fused-ring (bicyclic) bond motifs is 4. The molecular formula is C33H42N6O5. The molecule has 1 unspecified atom stereocenters. The zero-order chi connectivity index (χ0) is 30.8. The highest BCUT2D eigenvalue weighted by molar-refractivity contribution is 5.93. The van der Waals surface area contributed by atoms with Crippen LogP contribution in [0.25, 0.3) is 34.2 Å². The summed E-state index contributed by atoms with van der Waals surface area (Å²) in [6.07, 6.45) is 10.4. The Morgan fingerprint density at radius 1 is 1.05 bits per heavy atom. The maximum atomic E-state index is 12.6. The fraction of sp³-hybridized carbons (Fsp3) is 0.515. The van der Waals surface area contributed by atoms with E-state index >= 15 is 0 Å². The first-order chi connectivity index (χ1) is 21.2. The number of aromatic nitrogens is 6. The summed E-state index contributed by atoms with van der Waals surface area (Å²) in [4.78, 5) is 12.6. The molecule has 5 heterocycles. The fourth-order valence-corrected chi connectivity index (χ4v) is 5.78. The van der Waals surface area contributed by atoms with E-state index in [-0.39, 0.29) is 18.6 Å². The van der Waals surface area contributed by atoms with E-state index in [0.29, 0.717) is 44.4 Å². The lowest BCUT2D eigenvalue weighted by Crippen LogP contribution is -2.24. The van der Waals surface area contributed by atoms with Crippen LogP contribution in [0.1, 0.15) is 83.0 Å². The number of hydrogen-bond donors (Lipinski definition) is 0. The van der Waals surface area contributed by atoms with E-state index in [1.165, 1.54) is 0 Å². The molecule has 234 valence electrons.